The van der Waals surface area contributed by atoms with Crippen molar-refractivity contribution in [3.05, 3.63) is 48.6 Å². The van der Waals surface area contributed by atoms with Crippen LogP contribution in [0.2, 0.25) is 0 Å². The number of carboxylic acid groups (broad SMARTS) is 1. The molecule has 0 aromatic rings. The minimum atomic E-state index is -0.842. The summed E-state index contributed by atoms with van der Waals surface area (Å²) in [5, 5.41) is 27.9. The van der Waals surface area contributed by atoms with Gasteiger partial charge in [0, 0.05) is 6.42 Å². The van der Waals surface area contributed by atoms with Crippen LogP contribution in [0, 0.1) is 0 Å². The Labute approximate surface area is 145 Å². The number of aliphatic hydroxyl groups is 2. The summed E-state index contributed by atoms with van der Waals surface area (Å²) in [7, 11) is 0. The minimum Gasteiger partial charge on any atom is -0.481 e. The maximum Gasteiger partial charge on any atom is 0.303 e. The first kappa shape index (κ1) is 22.4. The summed E-state index contributed by atoms with van der Waals surface area (Å²) >= 11 is 0. The topological polar surface area (TPSA) is 77.8 Å². The van der Waals surface area contributed by atoms with Crippen molar-refractivity contribution in [1.82, 2.24) is 0 Å². The summed E-state index contributed by atoms with van der Waals surface area (Å²) in [5.41, 5.74) is 0. The summed E-state index contributed by atoms with van der Waals surface area (Å²) in [4.78, 5) is 10.3. The van der Waals surface area contributed by atoms with Gasteiger partial charge in [0.05, 0.1) is 12.2 Å². The molecule has 4 nitrogen and oxygen atoms in total. The molecule has 0 aromatic carbocycles. The van der Waals surface area contributed by atoms with Gasteiger partial charge < -0.3 is 15.3 Å². The number of carboxylic acids is 1. The lowest BCUT2D eigenvalue weighted by atomic mass is 10.1. The quantitative estimate of drug-likeness (QED) is 0.253. The summed E-state index contributed by atoms with van der Waals surface area (Å²) in [6, 6.07) is 0. The number of hydrogen-bond donors (Lipinski definition) is 3. The van der Waals surface area contributed by atoms with Crippen molar-refractivity contribution in [2.45, 2.75) is 70.5 Å². The smallest absolute Gasteiger partial charge is 0.303 e. The van der Waals surface area contributed by atoms with Crippen LogP contribution in [0.5, 0.6) is 0 Å². The van der Waals surface area contributed by atoms with E-state index in [2.05, 4.69) is 13.0 Å². The molecule has 0 saturated heterocycles. The maximum atomic E-state index is 10.3. The lowest BCUT2D eigenvalue weighted by Crippen LogP contribution is -2.03. The first-order chi connectivity index (χ1) is 11.6. The molecule has 0 radical (unpaired) electrons. The highest BCUT2D eigenvalue weighted by molar-refractivity contribution is 5.66. The van der Waals surface area contributed by atoms with Crippen LogP contribution < -0.4 is 0 Å². The highest BCUT2D eigenvalue weighted by atomic mass is 16.4. The molecule has 0 heterocycles. The number of aliphatic carboxylic acids is 1. The van der Waals surface area contributed by atoms with E-state index in [0.717, 1.165) is 6.42 Å². The van der Waals surface area contributed by atoms with E-state index in [-0.39, 0.29) is 6.42 Å². The second-order valence-corrected chi connectivity index (χ2v) is 5.78. The third kappa shape index (κ3) is 16.7. The molecule has 0 fully saturated rings. The summed E-state index contributed by atoms with van der Waals surface area (Å²) in [6.07, 6.45) is 19.8. The number of aliphatic hydroxyl groups excluding tert-OH is 2. The molecular weight excluding hydrogens is 304 g/mol. The predicted octanol–water partition coefficient (Wildman–Crippen LogP) is 4.16. The standard InChI is InChI=1S/C20H32O4/c1-2-3-4-5-6-9-13-18(21)14-10-7-8-11-15-19(22)16-12-17-20(23)24/h6-11,14-15,18-19,21-22H,2-5,12-13,16-17H2,1H3,(H,23,24)/t18-,19+/m0/s1. The van der Waals surface area contributed by atoms with Crippen LogP contribution in [0.25, 0.3) is 0 Å². The molecule has 0 bridgehead atoms. The summed E-state index contributed by atoms with van der Waals surface area (Å²) < 4.78 is 0. The van der Waals surface area contributed by atoms with Crippen LogP contribution in [-0.2, 0) is 4.79 Å². The van der Waals surface area contributed by atoms with Gasteiger partial charge >= 0.3 is 5.97 Å². The minimum absolute atomic E-state index is 0.0778. The first-order valence-electron chi connectivity index (χ1n) is 8.80. The molecule has 0 unspecified atom stereocenters. The Morgan fingerprint density at radius 2 is 1.58 bits per heavy atom. The van der Waals surface area contributed by atoms with Gasteiger partial charge in [0.25, 0.3) is 0 Å². The Morgan fingerprint density at radius 1 is 0.917 bits per heavy atom. The van der Waals surface area contributed by atoms with Gasteiger partial charge in [-0.15, -0.1) is 0 Å². The highest BCUT2D eigenvalue weighted by Gasteiger charge is 2.01. The average Bonchev–Trinajstić information content (AvgIpc) is 2.53. The lowest BCUT2D eigenvalue weighted by molar-refractivity contribution is -0.137. The van der Waals surface area contributed by atoms with Crippen LogP contribution in [0.15, 0.2) is 48.6 Å². The third-order valence-electron chi connectivity index (χ3n) is 3.41. The number of hydrogen-bond acceptors (Lipinski definition) is 3. The van der Waals surface area contributed by atoms with Crippen molar-refractivity contribution in [3.8, 4) is 0 Å². The highest BCUT2D eigenvalue weighted by Crippen LogP contribution is 2.03. The van der Waals surface area contributed by atoms with Gasteiger partial charge in [0.2, 0.25) is 0 Å². The Bertz CT molecular complexity index is 421. The molecule has 0 spiro atoms. The Balaban J connectivity index is 3.81. The van der Waals surface area contributed by atoms with Crippen LogP contribution in [0.4, 0.5) is 0 Å². The molecule has 0 amide bonds. The molecular formula is C20H32O4. The van der Waals surface area contributed by atoms with E-state index < -0.39 is 18.2 Å². The monoisotopic (exact) mass is 336 g/mol. The molecule has 3 N–H and O–H groups in total. The van der Waals surface area contributed by atoms with E-state index >= 15 is 0 Å². The SMILES string of the molecule is CCCCCC=CC[C@H](O)C=CC=CC=C[C@@H](O)CCCC(=O)O. The van der Waals surface area contributed by atoms with Crippen molar-refractivity contribution in [2.75, 3.05) is 0 Å². The number of unbranched alkanes of at least 4 members (excludes halogenated alkanes) is 3. The molecule has 4 heteroatoms. The normalized spacial score (nSPS) is 15.1. The molecule has 0 saturated carbocycles. The van der Waals surface area contributed by atoms with Crippen molar-refractivity contribution < 1.29 is 20.1 Å². The van der Waals surface area contributed by atoms with E-state index in [1.165, 1.54) is 19.3 Å². The van der Waals surface area contributed by atoms with Gasteiger partial charge in [-0.3, -0.25) is 4.79 Å². The van der Waals surface area contributed by atoms with Crippen LogP contribution >= 0.6 is 0 Å². The molecule has 24 heavy (non-hydrogen) atoms. The van der Waals surface area contributed by atoms with E-state index in [1.54, 1.807) is 36.5 Å². The van der Waals surface area contributed by atoms with Gasteiger partial charge in [0.15, 0.2) is 0 Å². The molecule has 0 aromatic heterocycles. The molecule has 0 aliphatic carbocycles. The van der Waals surface area contributed by atoms with E-state index in [4.69, 9.17) is 5.11 Å². The lowest BCUT2D eigenvalue weighted by Gasteiger charge is -2.02. The maximum absolute atomic E-state index is 10.3. The van der Waals surface area contributed by atoms with E-state index in [0.29, 0.717) is 19.3 Å². The molecule has 0 aliphatic heterocycles. The van der Waals surface area contributed by atoms with Gasteiger partial charge in [-0.25, -0.2) is 0 Å². The largest absolute Gasteiger partial charge is 0.481 e. The Hall–Kier alpha value is -1.65. The van der Waals surface area contributed by atoms with Gasteiger partial charge in [-0.1, -0.05) is 68.4 Å². The number of allylic oxidation sites excluding steroid dienone is 5. The van der Waals surface area contributed by atoms with Crippen molar-refractivity contribution in [3.63, 3.8) is 0 Å². The van der Waals surface area contributed by atoms with E-state index in [1.807, 2.05) is 6.08 Å². The van der Waals surface area contributed by atoms with Crippen molar-refractivity contribution in [1.29, 1.82) is 0 Å². The first-order valence-corrected chi connectivity index (χ1v) is 8.80. The fourth-order valence-corrected chi connectivity index (χ4v) is 2.02. The predicted molar refractivity (Wildman–Crippen MR) is 98.8 cm³/mol. The Kier molecular flexibility index (Phi) is 15.1. The summed E-state index contributed by atoms with van der Waals surface area (Å²) in [6.45, 7) is 2.18. The Morgan fingerprint density at radius 3 is 2.21 bits per heavy atom. The summed E-state index contributed by atoms with van der Waals surface area (Å²) in [5.74, 6) is -0.842. The van der Waals surface area contributed by atoms with Gasteiger partial charge in [-0.05, 0) is 32.1 Å². The average molecular weight is 336 g/mol. The van der Waals surface area contributed by atoms with Gasteiger partial charge in [0.1, 0.15) is 0 Å². The third-order valence-corrected chi connectivity index (χ3v) is 3.41. The van der Waals surface area contributed by atoms with Crippen LogP contribution in [0.1, 0.15) is 58.3 Å². The zero-order valence-electron chi connectivity index (χ0n) is 14.7. The van der Waals surface area contributed by atoms with Crippen LogP contribution in [-0.4, -0.2) is 33.5 Å². The molecule has 2 atom stereocenters. The van der Waals surface area contributed by atoms with Crippen molar-refractivity contribution in [2.24, 2.45) is 0 Å². The number of rotatable bonds is 14. The molecule has 136 valence electrons. The zero-order chi connectivity index (χ0) is 18.0. The second kappa shape index (κ2) is 16.2. The fourth-order valence-electron chi connectivity index (χ4n) is 2.02. The fraction of sp³-hybridized carbons (Fsp3) is 0.550. The second-order valence-electron chi connectivity index (χ2n) is 5.78. The number of carbonyl (C=O) groups is 1. The van der Waals surface area contributed by atoms with Crippen LogP contribution in [0.3, 0.4) is 0 Å². The molecule has 0 rings (SSSR count). The zero-order valence-corrected chi connectivity index (χ0v) is 14.7. The van der Waals surface area contributed by atoms with E-state index in [9.17, 15) is 15.0 Å². The van der Waals surface area contributed by atoms with Crippen molar-refractivity contribution >= 4 is 5.97 Å². The van der Waals surface area contributed by atoms with Gasteiger partial charge in [-0.2, -0.15) is 0 Å². The molecule has 0 aliphatic rings.